The number of carbonyl (C=O) groups excluding carboxylic acids is 1. The maximum absolute atomic E-state index is 10.6. The van der Waals surface area contributed by atoms with Crippen LogP contribution in [0.2, 0.25) is 0 Å². The summed E-state index contributed by atoms with van der Waals surface area (Å²) in [5.74, 6) is 0.483. The highest BCUT2D eigenvalue weighted by Gasteiger charge is 2.06. The number of aldehydes is 1. The maximum Gasteiger partial charge on any atom is 0.151 e. The van der Waals surface area contributed by atoms with Crippen LogP contribution in [0.15, 0.2) is 18.2 Å². The van der Waals surface area contributed by atoms with E-state index in [2.05, 4.69) is 42.5 Å². The lowest BCUT2D eigenvalue weighted by Crippen LogP contribution is -1.95. The molecule has 0 unspecified atom stereocenters. The molecule has 0 fully saturated rings. The first-order valence-corrected chi connectivity index (χ1v) is 4.98. The van der Waals surface area contributed by atoms with E-state index in [1.54, 1.807) is 0 Å². The van der Waals surface area contributed by atoms with Crippen LogP contribution < -0.4 is 0 Å². The predicted octanol–water partition coefficient (Wildman–Crippen LogP) is 3.23. The van der Waals surface area contributed by atoms with Crippen LogP contribution in [0, 0.1) is 3.57 Å². The average Bonchev–Trinajstić information content (AvgIpc) is 2.04. The van der Waals surface area contributed by atoms with Gasteiger partial charge < -0.3 is 0 Å². The molecule has 0 aliphatic carbocycles. The van der Waals surface area contributed by atoms with Crippen molar-refractivity contribution in [1.29, 1.82) is 0 Å². The van der Waals surface area contributed by atoms with Crippen LogP contribution in [0.25, 0.3) is 0 Å². The van der Waals surface area contributed by atoms with Gasteiger partial charge in [0.15, 0.2) is 6.29 Å². The summed E-state index contributed by atoms with van der Waals surface area (Å²) in [4.78, 5) is 10.6. The molecule has 0 heterocycles. The van der Waals surface area contributed by atoms with Gasteiger partial charge >= 0.3 is 0 Å². The summed E-state index contributed by atoms with van der Waals surface area (Å²) in [5.41, 5.74) is 2.04. The number of carbonyl (C=O) groups is 1. The predicted molar refractivity (Wildman–Crippen MR) is 58.6 cm³/mol. The standard InChI is InChI=1S/C10H11IO/c1-7(2)9-5-3-4-8(6-12)10(9)11/h3-7H,1-2H3. The van der Waals surface area contributed by atoms with Crippen molar-refractivity contribution in [2.45, 2.75) is 19.8 Å². The number of halogens is 1. The van der Waals surface area contributed by atoms with E-state index in [0.29, 0.717) is 5.92 Å². The van der Waals surface area contributed by atoms with Crippen molar-refractivity contribution in [1.82, 2.24) is 0 Å². The zero-order chi connectivity index (χ0) is 9.14. The minimum Gasteiger partial charge on any atom is -0.298 e. The molecule has 0 amide bonds. The Morgan fingerprint density at radius 1 is 1.42 bits per heavy atom. The minimum atomic E-state index is 0.483. The summed E-state index contributed by atoms with van der Waals surface area (Å²) in [6, 6.07) is 5.85. The zero-order valence-corrected chi connectivity index (χ0v) is 9.33. The van der Waals surface area contributed by atoms with Crippen molar-refractivity contribution in [3.05, 3.63) is 32.9 Å². The van der Waals surface area contributed by atoms with Gasteiger partial charge in [-0.05, 0) is 34.1 Å². The molecule has 1 aromatic rings. The third-order valence-corrected chi connectivity index (χ3v) is 3.05. The number of benzene rings is 1. The Labute approximate surface area is 86.3 Å². The van der Waals surface area contributed by atoms with Crippen LogP contribution >= 0.6 is 22.6 Å². The molecule has 0 saturated heterocycles. The van der Waals surface area contributed by atoms with E-state index in [9.17, 15) is 4.79 Å². The van der Waals surface area contributed by atoms with Gasteiger partial charge in [-0.25, -0.2) is 0 Å². The number of rotatable bonds is 2. The third kappa shape index (κ3) is 1.86. The highest BCUT2D eigenvalue weighted by molar-refractivity contribution is 14.1. The fourth-order valence-corrected chi connectivity index (χ4v) is 2.21. The summed E-state index contributed by atoms with van der Waals surface area (Å²) in [5, 5.41) is 0. The normalized spacial score (nSPS) is 10.3. The highest BCUT2D eigenvalue weighted by Crippen LogP contribution is 2.23. The maximum atomic E-state index is 10.6. The second-order valence-corrected chi connectivity index (χ2v) is 4.10. The van der Waals surface area contributed by atoms with Crippen LogP contribution in [-0.4, -0.2) is 6.29 Å². The van der Waals surface area contributed by atoms with Crippen molar-refractivity contribution in [2.24, 2.45) is 0 Å². The molecule has 2 heteroatoms. The molecule has 0 aromatic heterocycles. The van der Waals surface area contributed by atoms with E-state index in [1.165, 1.54) is 5.56 Å². The van der Waals surface area contributed by atoms with Crippen molar-refractivity contribution < 1.29 is 4.79 Å². The highest BCUT2D eigenvalue weighted by atomic mass is 127. The molecule has 0 atom stereocenters. The molecule has 0 N–H and O–H groups in total. The van der Waals surface area contributed by atoms with Gasteiger partial charge in [0.05, 0.1) is 0 Å². The van der Waals surface area contributed by atoms with Crippen LogP contribution in [0.4, 0.5) is 0 Å². The van der Waals surface area contributed by atoms with Crippen molar-refractivity contribution in [2.75, 3.05) is 0 Å². The van der Waals surface area contributed by atoms with Gasteiger partial charge in [0.1, 0.15) is 0 Å². The van der Waals surface area contributed by atoms with Gasteiger partial charge in [-0.2, -0.15) is 0 Å². The Morgan fingerprint density at radius 3 is 2.58 bits per heavy atom. The van der Waals surface area contributed by atoms with Crippen LogP contribution in [0.5, 0.6) is 0 Å². The largest absolute Gasteiger partial charge is 0.298 e. The smallest absolute Gasteiger partial charge is 0.151 e. The molecule has 0 saturated carbocycles. The lowest BCUT2D eigenvalue weighted by Gasteiger charge is -2.08. The summed E-state index contributed by atoms with van der Waals surface area (Å²) < 4.78 is 1.08. The third-order valence-electron chi connectivity index (χ3n) is 1.81. The van der Waals surface area contributed by atoms with Gasteiger partial charge in [0, 0.05) is 9.13 Å². The molecular weight excluding hydrogens is 263 g/mol. The van der Waals surface area contributed by atoms with E-state index >= 15 is 0 Å². The van der Waals surface area contributed by atoms with Gasteiger partial charge in [0.25, 0.3) is 0 Å². The average molecular weight is 274 g/mol. The SMILES string of the molecule is CC(C)c1cccc(C=O)c1I. The number of hydrogen-bond donors (Lipinski definition) is 0. The fourth-order valence-electron chi connectivity index (χ4n) is 1.11. The molecule has 1 aromatic carbocycles. The summed E-state index contributed by atoms with van der Waals surface area (Å²) in [7, 11) is 0. The topological polar surface area (TPSA) is 17.1 Å². The molecule has 0 aliphatic heterocycles. The summed E-state index contributed by atoms with van der Waals surface area (Å²) in [6.45, 7) is 4.26. The van der Waals surface area contributed by atoms with E-state index in [1.807, 2.05) is 12.1 Å². The Kier molecular flexibility index (Phi) is 3.26. The fraction of sp³-hybridized carbons (Fsp3) is 0.300. The summed E-state index contributed by atoms with van der Waals surface area (Å²) in [6.07, 6.45) is 0.910. The first-order chi connectivity index (χ1) is 5.66. The van der Waals surface area contributed by atoms with Crippen molar-refractivity contribution >= 4 is 28.9 Å². The van der Waals surface area contributed by atoms with Gasteiger partial charge in [0.2, 0.25) is 0 Å². The molecule has 0 radical (unpaired) electrons. The van der Waals surface area contributed by atoms with Gasteiger partial charge in [-0.15, -0.1) is 0 Å². The minimum absolute atomic E-state index is 0.483. The Hall–Kier alpha value is -0.380. The molecule has 0 bridgehead atoms. The second-order valence-electron chi connectivity index (χ2n) is 3.02. The lowest BCUT2D eigenvalue weighted by atomic mass is 10.0. The molecule has 12 heavy (non-hydrogen) atoms. The zero-order valence-electron chi connectivity index (χ0n) is 7.17. The van der Waals surface area contributed by atoms with Crippen LogP contribution in [-0.2, 0) is 0 Å². The molecule has 64 valence electrons. The van der Waals surface area contributed by atoms with E-state index in [-0.39, 0.29) is 0 Å². The van der Waals surface area contributed by atoms with E-state index in [4.69, 9.17) is 0 Å². The molecule has 1 nitrogen and oxygen atoms in total. The Morgan fingerprint density at radius 2 is 2.08 bits per heavy atom. The Balaban J connectivity index is 3.22. The number of hydrogen-bond acceptors (Lipinski definition) is 1. The molecule has 1 rings (SSSR count). The van der Waals surface area contributed by atoms with Crippen molar-refractivity contribution in [3.8, 4) is 0 Å². The lowest BCUT2D eigenvalue weighted by molar-refractivity contribution is 0.112. The summed E-state index contributed by atoms with van der Waals surface area (Å²) >= 11 is 2.22. The first-order valence-electron chi connectivity index (χ1n) is 3.90. The monoisotopic (exact) mass is 274 g/mol. The van der Waals surface area contributed by atoms with Gasteiger partial charge in [-0.1, -0.05) is 32.0 Å². The molecule has 0 spiro atoms. The quantitative estimate of drug-likeness (QED) is 0.597. The van der Waals surface area contributed by atoms with Crippen LogP contribution in [0.1, 0.15) is 35.7 Å². The van der Waals surface area contributed by atoms with Crippen LogP contribution in [0.3, 0.4) is 0 Å². The first kappa shape index (κ1) is 9.71. The van der Waals surface area contributed by atoms with E-state index in [0.717, 1.165) is 15.4 Å². The van der Waals surface area contributed by atoms with Crippen molar-refractivity contribution in [3.63, 3.8) is 0 Å². The molecule has 0 aliphatic rings. The van der Waals surface area contributed by atoms with E-state index < -0.39 is 0 Å². The molecular formula is C10H11IO. The van der Waals surface area contributed by atoms with Gasteiger partial charge in [-0.3, -0.25) is 4.79 Å². The second kappa shape index (κ2) is 4.03. The Bertz CT molecular complexity index is 292.